The Morgan fingerprint density at radius 2 is 1.65 bits per heavy atom. The van der Waals surface area contributed by atoms with E-state index in [-0.39, 0.29) is 0 Å². The van der Waals surface area contributed by atoms with Gasteiger partial charge in [0, 0.05) is 12.1 Å². The van der Waals surface area contributed by atoms with Crippen molar-refractivity contribution in [1.29, 1.82) is 0 Å². The Balaban J connectivity index is 2.07. The molecule has 0 amide bonds. The average molecular weight is 280 g/mol. The van der Waals surface area contributed by atoms with Gasteiger partial charge in [-0.05, 0) is 62.4 Å². The fourth-order valence-electron chi connectivity index (χ4n) is 4.97. The van der Waals surface area contributed by atoms with E-state index in [4.69, 9.17) is 5.73 Å². The summed E-state index contributed by atoms with van der Waals surface area (Å²) in [7, 11) is 0. The highest BCUT2D eigenvalue weighted by Crippen LogP contribution is 2.45. The normalized spacial score (nSPS) is 38.9. The Labute approximate surface area is 126 Å². The molecule has 118 valence electrons. The first-order chi connectivity index (χ1) is 9.52. The SMILES string of the molecule is CCC1(CC)CCN(C2(CN)CCC(C)CC2C)CC1. The molecule has 3 atom stereocenters. The van der Waals surface area contributed by atoms with Crippen LogP contribution in [0, 0.1) is 17.3 Å². The molecule has 1 saturated heterocycles. The van der Waals surface area contributed by atoms with Crippen LogP contribution in [0.4, 0.5) is 0 Å². The molecule has 0 bridgehead atoms. The Morgan fingerprint density at radius 3 is 2.10 bits per heavy atom. The number of hydrogen-bond acceptors (Lipinski definition) is 2. The Bertz CT molecular complexity index is 301. The minimum Gasteiger partial charge on any atom is -0.329 e. The highest BCUT2D eigenvalue weighted by atomic mass is 15.2. The first-order valence-electron chi connectivity index (χ1n) is 8.97. The van der Waals surface area contributed by atoms with Crippen LogP contribution in [-0.4, -0.2) is 30.1 Å². The maximum absolute atomic E-state index is 6.30. The van der Waals surface area contributed by atoms with Gasteiger partial charge >= 0.3 is 0 Å². The van der Waals surface area contributed by atoms with Crippen molar-refractivity contribution < 1.29 is 0 Å². The minimum atomic E-state index is 0.306. The highest BCUT2D eigenvalue weighted by molar-refractivity contribution is 5.01. The second-order valence-electron chi connectivity index (χ2n) is 7.78. The van der Waals surface area contributed by atoms with E-state index >= 15 is 0 Å². The molecule has 0 aromatic heterocycles. The van der Waals surface area contributed by atoms with Crippen LogP contribution < -0.4 is 5.73 Å². The monoisotopic (exact) mass is 280 g/mol. The van der Waals surface area contributed by atoms with Gasteiger partial charge in [-0.15, -0.1) is 0 Å². The van der Waals surface area contributed by atoms with Crippen LogP contribution in [0.5, 0.6) is 0 Å². The lowest BCUT2D eigenvalue weighted by Crippen LogP contribution is -2.62. The van der Waals surface area contributed by atoms with Gasteiger partial charge in [-0.1, -0.05) is 40.5 Å². The van der Waals surface area contributed by atoms with E-state index < -0.39 is 0 Å². The van der Waals surface area contributed by atoms with Crippen LogP contribution in [0.2, 0.25) is 0 Å². The van der Waals surface area contributed by atoms with E-state index in [1.165, 1.54) is 58.0 Å². The smallest absolute Gasteiger partial charge is 0.0357 e. The topological polar surface area (TPSA) is 29.3 Å². The van der Waals surface area contributed by atoms with Gasteiger partial charge in [0.1, 0.15) is 0 Å². The van der Waals surface area contributed by atoms with E-state index in [2.05, 4.69) is 32.6 Å². The zero-order valence-corrected chi connectivity index (χ0v) is 14.3. The zero-order chi connectivity index (χ0) is 14.8. The van der Waals surface area contributed by atoms with E-state index in [9.17, 15) is 0 Å². The summed E-state index contributed by atoms with van der Waals surface area (Å²) in [5, 5.41) is 0. The van der Waals surface area contributed by atoms with Crippen molar-refractivity contribution in [2.24, 2.45) is 23.0 Å². The molecule has 20 heavy (non-hydrogen) atoms. The largest absolute Gasteiger partial charge is 0.329 e. The number of rotatable bonds is 4. The first kappa shape index (κ1) is 16.3. The number of hydrogen-bond donors (Lipinski definition) is 1. The Morgan fingerprint density at radius 1 is 1.05 bits per heavy atom. The van der Waals surface area contributed by atoms with Gasteiger partial charge < -0.3 is 5.73 Å². The van der Waals surface area contributed by atoms with Crippen molar-refractivity contribution in [3.8, 4) is 0 Å². The molecule has 1 saturated carbocycles. The molecule has 1 aliphatic carbocycles. The molecule has 2 heteroatoms. The van der Waals surface area contributed by atoms with Crippen LogP contribution in [0.3, 0.4) is 0 Å². The lowest BCUT2D eigenvalue weighted by molar-refractivity contribution is -0.0400. The van der Waals surface area contributed by atoms with E-state index in [0.29, 0.717) is 11.0 Å². The van der Waals surface area contributed by atoms with Crippen molar-refractivity contribution in [2.75, 3.05) is 19.6 Å². The summed E-state index contributed by atoms with van der Waals surface area (Å²) in [6.45, 7) is 13.0. The highest BCUT2D eigenvalue weighted by Gasteiger charge is 2.46. The third-order valence-electron chi connectivity index (χ3n) is 7.05. The predicted molar refractivity (Wildman–Crippen MR) is 87.8 cm³/mol. The summed E-state index contributed by atoms with van der Waals surface area (Å²) in [5.41, 5.74) is 7.22. The lowest BCUT2D eigenvalue weighted by atomic mass is 9.66. The molecule has 0 aromatic rings. The molecule has 3 unspecified atom stereocenters. The Kier molecular flexibility index (Phi) is 5.18. The van der Waals surface area contributed by atoms with Crippen LogP contribution >= 0.6 is 0 Å². The quantitative estimate of drug-likeness (QED) is 0.842. The van der Waals surface area contributed by atoms with Gasteiger partial charge in [0.15, 0.2) is 0 Å². The molecule has 2 nitrogen and oxygen atoms in total. The summed E-state index contributed by atoms with van der Waals surface area (Å²) in [4.78, 5) is 2.78. The van der Waals surface area contributed by atoms with Gasteiger partial charge in [-0.3, -0.25) is 4.90 Å². The number of likely N-dealkylation sites (tertiary alicyclic amines) is 1. The number of nitrogens with zero attached hydrogens (tertiary/aromatic N) is 1. The number of nitrogens with two attached hydrogens (primary N) is 1. The molecule has 1 aliphatic heterocycles. The number of piperidine rings is 1. The predicted octanol–water partition coefficient (Wildman–Crippen LogP) is 4.04. The summed E-state index contributed by atoms with van der Waals surface area (Å²) in [6.07, 6.45) is 9.50. The molecule has 2 fully saturated rings. The average Bonchev–Trinajstić information content (AvgIpc) is 2.48. The van der Waals surface area contributed by atoms with E-state index in [1.807, 2.05) is 0 Å². The molecule has 2 rings (SSSR count). The molecule has 0 spiro atoms. The molecular weight excluding hydrogens is 244 g/mol. The maximum Gasteiger partial charge on any atom is 0.0357 e. The van der Waals surface area contributed by atoms with Crippen LogP contribution in [0.1, 0.15) is 72.6 Å². The Hall–Kier alpha value is -0.0800. The third-order valence-corrected chi connectivity index (χ3v) is 7.05. The van der Waals surface area contributed by atoms with Crippen molar-refractivity contribution in [1.82, 2.24) is 4.90 Å². The van der Waals surface area contributed by atoms with Crippen molar-refractivity contribution >= 4 is 0 Å². The van der Waals surface area contributed by atoms with Gasteiger partial charge in [0.05, 0.1) is 0 Å². The van der Waals surface area contributed by atoms with Crippen LogP contribution in [0.25, 0.3) is 0 Å². The first-order valence-corrected chi connectivity index (χ1v) is 8.97. The second-order valence-corrected chi connectivity index (χ2v) is 7.78. The fourth-order valence-corrected chi connectivity index (χ4v) is 4.97. The van der Waals surface area contributed by atoms with Gasteiger partial charge in [-0.2, -0.15) is 0 Å². The van der Waals surface area contributed by atoms with Crippen LogP contribution in [0.15, 0.2) is 0 Å². The zero-order valence-electron chi connectivity index (χ0n) is 14.3. The fraction of sp³-hybridized carbons (Fsp3) is 1.00. The van der Waals surface area contributed by atoms with E-state index in [1.54, 1.807) is 0 Å². The summed E-state index contributed by atoms with van der Waals surface area (Å²) >= 11 is 0. The summed E-state index contributed by atoms with van der Waals surface area (Å²) in [6, 6.07) is 0. The van der Waals surface area contributed by atoms with Crippen molar-refractivity contribution in [3.05, 3.63) is 0 Å². The van der Waals surface area contributed by atoms with Crippen LogP contribution in [-0.2, 0) is 0 Å². The van der Waals surface area contributed by atoms with Gasteiger partial charge in [0.25, 0.3) is 0 Å². The molecule has 1 heterocycles. The second kappa shape index (κ2) is 6.36. The molecule has 0 aromatic carbocycles. The van der Waals surface area contributed by atoms with Gasteiger partial charge in [-0.25, -0.2) is 0 Å². The standard InChI is InChI=1S/C18H36N2/c1-5-17(6-2)9-11-20(12-10-17)18(14-19)8-7-15(3)13-16(18)4/h15-16H,5-14,19H2,1-4H3. The third kappa shape index (κ3) is 2.78. The molecule has 0 radical (unpaired) electrons. The minimum absolute atomic E-state index is 0.306. The lowest BCUT2D eigenvalue weighted by Gasteiger charge is -2.55. The molecular formula is C18H36N2. The molecule has 2 N–H and O–H groups in total. The summed E-state index contributed by atoms with van der Waals surface area (Å²) in [5.74, 6) is 1.65. The van der Waals surface area contributed by atoms with Crippen molar-refractivity contribution in [2.45, 2.75) is 78.2 Å². The maximum atomic E-state index is 6.30. The van der Waals surface area contributed by atoms with Crippen molar-refractivity contribution in [3.63, 3.8) is 0 Å². The van der Waals surface area contributed by atoms with E-state index in [0.717, 1.165) is 18.4 Å². The van der Waals surface area contributed by atoms with Gasteiger partial charge in [0.2, 0.25) is 0 Å². The summed E-state index contributed by atoms with van der Waals surface area (Å²) < 4.78 is 0. The molecule has 2 aliphatic rings.